The number of fused-ring (bicyclic) bond motifs is 1. The molecular weight excluding hydrogens is 273 g/mol. The van der Waals surface area contributed by atoms with Crippen LogP contribution in [0.25, 0.3) is 6.08 Å². The smallest absolute Gasteiger partial charge is 0.400 e. The first-order chi connectivity index (χ1) is 10.3. The first kappa shape index (κ1) is 15.8. The first-order valence-corrected chi connectivity index (χ1v) is 8.19. The second-order valence-corrected chi connectivity index (χ2v) is 7.32. The Kier molecular flexibility index (Phi) is 3.96. The van der Waals surface area contributed by atoms with Gasteiger partial charge in [0, 0.05) is 13.1 Å². The molecule has 0 saturated carbocycles. The zero-order valence-electron chi connectivity index (χ0n) is 14.3. The molecule has 0 amide bonds. The predicted octanol–water partition coefficient (Wildman–Crippen LogP) is 3.67. The summed E-state index contributed by atoms with van der Waals surface area (Å²) in [6, 6.07) is 6.71. The highest BCUT2D eigenvalue weighted by atomic mass is 16.7. The molecule has 3 nitrogen and oxygen atoms in total. The van der Waals surface area contributed by atoms with Crippen molar-refractivity contribution < 1.29 is 9.31 Å². The lowest BCUT2D eigenvalue weighted by atomic mass is 9.89. The van der Waals surface area contributed by atoms with Gasteiger partial charge in [-0.15, -0.1) is 0 Å². The van der Waals surface area contributed by atoms with Crippen LogP contribution in [0.15, 0.2) is 24.2 Å². The average Bonchev–Trinajstić information content (AvgIpc) is 2.94. The van der Waals surface area contributed by atoms with Crippen LogP contribution in [0, 0.1) is 0 Å². The Labute approximate surface area is 134 Å². The summed E-state index contributed by atoms with van der Waals surface area (Å²) in [7, 11) is -0.273. The predicted molar refractivity (Wildman–Crippen MR) is 91.3 cm³/mol. The Balaban J connectivity index is 1.70. The van der Waals surface area contributed by atoms with Crippen molar-refractivity contribution in [3.63, 3.8) is 0 Å². The third-order valence-corrected chi connectivity index (χ3v) is 5.18. The second-order valence-electron chi connectivity index (χ2n) is 7.32. The van der Waals surface area contributed by atoms with Crippen molar-refractivity contribution >= 4 is 13.2 Å². The largest absolute Gasteiger partial charge is 0.487 e. The Morgan fingerprint density at radius 3 is 2.36 bits per heavy atom. The molecule has 1 fully saturated rings. The molecule has 1 aromatic rings. The second kappa shape index (κ2) is 5.52. The number of rotatable bonds is 3. The highest BCUT2D eigenvalue weighted by Crippen LogP contribution is 2.37. The van der Waals surface area contributed by atoms with Crippen molar-refractivity contribution in [3.05, 3.63) is 40.9 Å². The van der Waals surface area contributed by atoms with Crippen LogP contribution in [0.5, 0.6) is 0 Å². The van der Waals surface area contributed by atoms with Crippen molar-refractivity contribution in [1.29, 1.82) is 0 Å². The summed E-state index contributed by atoms with van der Waals surface area (Å²) in [5, 5.41) is 0. The van der Waals surface area contributed by atoms with Gasteiger partial charge in [-0.3, -0.25) is 4.90 Å². The van der Waals surface area contributed by atoms with Crippen LogP contribution in [0.3, 0.4) is 0 Å². The van der Waals surface area contributed by atoms with E-state index in [-0.39, 0.29) is 18.3 Å². The van der Waals surface area contributed by atoms with Gasteiger partial charge in [-0.25, -0.2) is 0 Å². The molecule has 1 saturated heterocycles. The summed E-state index contributed by atoms with van der Waals surface area (Å²) in [6.07, 6.45) is 2.11. The fraction of sp³-hybridized carbons (Fsp3) is 0.556. The van der Waals surface area contributed by atoms with Gasteiger partial charge in [0.2, 0.25) is 0 Å². The van der Waals surface area contributed by atoms with Gasteiger partial charge in [0.15, 0.2) is 0 Å². The number of benzene rings is 1. The molecule has 0 unspecified atom stereocenters. The topological polar surface area (TPSA) is 21.7 Å². The standard InChI is InChI=1S/C18H26BNO2/c1-6-20-12-15-8-7-14(11-16(15)13-20)9-10-19-21-17(2,3)18(4,5)22-19/h7-11H,6,12-13H2,1-5H3/b10-9+. The molecule has 0 aromatic heterocycles. The Bertz CT molecular complexity index is 579. The summed E-state index contributed by atoms with van der Waals surface area (Å²) in [6.45, 7) is 13.8. The van der Waals surface area contributed by atoms with Gasteiger partial charge in [0.25, 0.3) is 0 Å². The van der Waals surface area contributed by atoms with Gasteiger partial charge in [0.05, 0.1) is 11.2 Å². The van der Waals surface area contributed by atoms with Crippen LogP contribution in [0.2, 0.25) is 0 Å². The van der Waals surface area contributed by atoms with Crippen LogP contribution in [-0.2, 0) is 22.4 Å². The summed E-state index contributed by atoms with van der Waals surface area (Å²) >= 11 is 0. The van der Waals surface area contributed by atoms with Crippen LogP contribution in [0.1, 0.15) is 51.3 Å². The van der Waals surface area contributed by atoms with Gasteiger partial charge in [-0.2, -0.15) is 0 Å². The van der Waals surface area contributed by atoms with Gasteiger partial charge < -0.3 is 9.31 Å². The highest BCUT2D eigenvalue weighted by molar-refractivity contribution is 6.52. The molecular formula is C18H26BNO2. The zero-order valence-corrected chi connectivity index (χ0v) is 14.3. The van der Waals surface area contributed by atoms with E-state index in [1.165, 1.54) is 16.7 Å². The van der Waals surface area contributed by atoms with Crippen molar-refractivity contribution in [2.24, 2.45) is 0 Å². The van der Waals surface area contributed by atoms with Crippen LogP contribution in [0.4, 0.5) is 0 Å². The molecule has 22 heavy (non-hydrogen) atoms. The summed E-state index contributed by atoms with van der Waals surface area (Å²) < 4.78 is 12.0. The molecule has 2 heterocycles. The van der Waals surface area contributed by atoms with Crippen molar-refractivity contribution in [2.45, 2.75) is 58.9 Å². The molecule has 4 heteroatoms. The van der Waals surface area contributed by atoms with E-state index in [2.05, 4.69) is 63.8 Å². The Morgan fingerprint density at radius 2 is 1.73 bits per heavy atom. The maximum atomic E-state index is 6.00. The van der Waals surface area contributed by atoms with E-state index in [4.69, 9.17) is 9.31 Å². The van der Waals surface area contributed by atoms with Crippen LogP contribution >= 0.6 is 0 Å². The molecule has 0 aliphatic carbocycles. The van der Waals surface area contributed by atoms with Crippen LogP contribution < -0.4 is 0 Å². The first-order valence-electron chi connectivity index (χ1n) is 8.19. The minimum atomic E-state index is -0.276. The van der Waals surface area contributed by atoms with E-state index in [0.29, 0.717) is 0 Å². The molecule has 3 rings (SSSR count). The lowest BCUT2D eigenvalue weighted by Gasteiger charge is -2.32. The SMILES string of the molecule is CCN1Cc2ccc(/C=C/B3OC(C)(C)C(C)(C)O3)cc2C1. The molecule has 2 aliphatic heterocycles. The van der Waals surface area contributed by atoms with E-state index in [0.717, 1.165) is 19.6 Å². The number of nitrogens with zero attached hydrogens (tertiary/aromatic N) is 1. The van der Waals surface area contributed by atoms with Crippen molar-refractivity contribution in [1.82, 2.24) is 4.90 Å². The van der Waals surface area contributed by atoms with Gasteiger partial charge >= 0.3 is 7.12 Å². The van der Waals surface area contributed by atoms with Crippen molar-refractivity contribution in [2.75, 3.05) is 6.54 Å². The molecule has 0 atom stereocenters. The maximum absolute atomic E-state index is 6.00. The van der Waals surface area contributed by atoms with Gasteiger partial charge in [-0.05, 0) is 50.9 Å². The monoisotopic (exact) mass is 299 g/mol. The quantitative estimate of drug-likeness (QED) is 0.795. The fourth-order valence-electron chi connectivity index (χ4n) is 2.97. The van der Waals surface area contributed by atoms with E-state index in [9.17, 15) is 0 Å². The highest BCUT2D eigenvalue weighted by Gasteiger charge is 2.49. The molecule has 0 spiro atoms. The number of hydrogen-bond donors (Lipinski definition) is 0. The minimum absolute atomic E-state index is 0.273. The van der Waals surface area contributed by atoms with Crippen molar-refractivity contribution in [3.8, 4) is 0 Å². The van der Waals surface area contributed by atoms with E-state index >= 15 is 0 Å². The summed E-state index contributed by atoms with van der Waals surface area (Å²) in [5.41, 5.74) is 3.56. The molecule has 0 radical (unpaired) electrons. The summed E-state index contributed by atoms with van der Waals surface area (Å²) in [5.74, 6) is 2.02. The third-order valence-electron chi connectivity index (χ3n) is 5.18. The van der Waals surface area contributed by atoms with Gasteiger partial charge in [0.1, 0.15) is 0 Å². The lowest BCUT2D eigenvalue weighted by molar-refractivity contribution is 0.00578. The summed E-state index contributed by atoms with van der Waals surface area (Å²) in [4.78, 5) is 2.45. The van der Waals surface area contributed by atoms with E-state index < -0.39 is 0 Å². The van der Waals surface area contributed by atoms with E-state index in [1.54, 1.807) is 0 Å². The van der Waals surface area contributed by atoms with E-state index in [1.807, 2.05) is 5.98 Å². The Hall–Kier alpha value is -1.10. The van der Waals surface area contributed by atoms with Gasteiger partial charge in [-0.1, -0.05) is 37.2 Å². The molecule has 1 aromatic carbocycles. The lowest BCUT2D eigenvalue weighted by Crippen LogP contribution is -2.41. The Morgan fingerprint density at radius 1 is 1.09 bits per heavy atom. The normalized spacial score (nSPS) is 23.4. The molecule has 118 valence electrons. The number of hydrogen-bond acceptors (Lipinski definition) is 3. The molecule has 0 N–H and O–H groups in total. The average molecular weight is 299 g/mol. The fourth-order valence-corrected chi connectivity index (χ4v) is 2.97. The third kappa shape index (κ3) is 2.88. The zero-order chi connectivity index (χ0) is 16.0. The molecule has 2 aliphatic rings. The maximum Gasteiger partial charge on any atom is 0.487 e. The molecule has 0 bridgehead atoms. The van der Waals surface area contributed by atoms with Crippen LogP contribution in [-0.4, -0.2) is 29.8 Å². The minimum Gasteiger partial charge on any atom is -0.400 e.